The van der Waals surface area contributed by atoms with Crippen molar-refractivity contribution in [2.75, 3.05) is 34.4 Å². The first-order valence-electron chi connectivity index (χ1n) is 6.23. The molecule has 0 spiro atoms. The number of hydrogen-bond donors (Lipinski definition) is 1. The molecular weight excluding hydrogens is 276 g/mol. The average Bonchev–Trinajstić information content (AvgIpc) is 2.51. The topological polar surface area (TPSA) is 84.9 Å². The quantitative estimate of drug-likeness (QED) is 0.750. The first-order chi connectivity index (χ1) is 9.97. The molecule has 1 aromatic carbocycles. The molecule has 0 saturated heterocycles. The first kappa shape index (κ1) is 16.5. The minimum atomic E-state index is -0.629. The van der Waals surface area contributed by atoms with Crippen molar-refractivity contribution in [3.8, 4) is 5.75 Å². The molecule has 1 rings (SSSR count). The van der Waals surface area contributed by atoms with Gasteiger partial charge in [0.15, 0.2) is 6.61 Å². The van der Waals surface area contributed by atoms with Gasteiger partial charge in [-0.2, -0.15) is 0 Å². The van der Waals surface area contributed by atoms with E-state index in [9.17, 15) is 14.4 Å². The van der Waals surface area contributed by atoms with Gasteiger partial charge < -0.3 is 19.7 Å². The van der Waals surface area contributed by atoms with Crippen molar-refractivity contribution < 1.29 is 23.9 Å². The lowest BCUT2D eigenvalue weighted by Gasteiger charge is -2.15. The molecule has 7 heteroatoms. The summed E-state index contributed by atoms with van der Waals surface area (Å²) in [6.45, 7) is -0.518. The van der Waals surface area contributed by atoms with Crippen LogP contribution in [0.25, 0.3) is 0 Å². The largest absolute Gasteiger partial charge is 0.497 e. The Morgan fingerprint density at radius 2 is 2.00 bits per heavy atom. The number of esters is 1. The predicted octanol–water partition coefficient (Wildman–Crippen LogP) is 0.0564. The van der Waals surface area contributed by atoms with Gasteiger partial charge in [-0.05, 0) is 18.2 Å². The molecule has 1 N–H and O–H groups in total. The first-order valence-corrected chi connectivity index (χ1v) is 6.23. The van der Waals surface area contributed by atoms with Crippen LogP contribution in [0.4, 0.5) is 0 Å². The zero-order valence-corrected chi connectivity index (χ0v) is 12.2. The van der Waals surface area contributed by atoms with Crippen LogP contribution >= 0.6 is 0 Å². The summed E-state index contributed by atoms with van der Waals surface area (Å²) in [7, 11) is 4.42. The van der Waals surface area contributed by atoms with Crippen molar-refractivity contribution in [2.45, 2.75) is 0 Å². The summed E-state index contributed by atoms with van der Waals surface area (Å²) in [6.07, 6.45) is 0. The predicted molar refractivity (Wildman–Crippen MR) is 75.0 cm³/mol. The molecule has 0 aliphatic rings. The lowest BCUT2D eigenvalue weighted by Crippen LogP contribution is -2.39. The molecule has 7 nitrogen and oxygen atoms in total. The Morgan fingerprint density at radius 3 is 2.62 bits per heavy atom. The normalized spacial score (nSPS) is 9.67. The van der Waals surface area contributed by atoms with Crippen LogP contribution in [0.15, 0.2) is 24.3 Å². The molecule has 0 fully saturated rings. The molecule has 0 bridgehead atoms. The molecule has 1 aromatic rings. The lowest BCUT2D eigenvalue weighted by molar-refractivity contribution is -0.137. The number of amides is 2. The molecule has 0 radical (unpaired) electrons. The van der Waals surface area contributed by atoms with Crippen molar-refractivity contribution >= 4 is 17.8 Å². The van der Waals surface area contributed by atoms with E-state index in [2.05, 4.69) is 5.32 Å². The monoisotopic (exact) mass is 294 g/mol. The fraction of sp³-hybridized carbons (Fsp3) is 0.357. The molecule has 21 heavy (non-hydrogen) atoms. The van der Waals surface area contributed by atoms with Gasteiger partial charge in [0.05, 0.1) is 19.2 Å². The highest BCUT2D eigenvalue weighted by molar-refractivity contribution is 5.92. The van der Waals surface area contributed by atoms with E-state index in [1.807, 2.05) is 0 Å². The van der Waals surface area contributed by atoms with E-state index >= 15 is 0 Å². The van der Waals surface area contributed by atoms with Crippen LogP contribution in [0.2, 0.25) is 0 Å². The zero-order valence-electron chi connectivity index (χ0n) is 12.2. The molecule has 0 aliphatic carbocycles. The molecule has 2 amide bonds. The van der Waals surface area contributed by atoms with Crippen LogP contribution in [0.1, 0.15) is 10.4 Å². The van der Waals surface area contributed by atoms with Crippen molar-refractivity contribution in [3.63, 3.8) is 0 Å². The van der Waals surface area contributed by atoms with Gasteiger partial charge in [0.25, 0.3) is 5.91 Å². The number of benzene rings is 1. The summed E-state index contributed by atoms with van der Waals surface area (Å²) in [5, 5.41) is 2.40. The van der Waals surface area contributed by atoms with E-state index in [0.717, 1.165) is 0 Å². The Hall–Kier alpha value is -2.57. The Balaban J connectivity index is 2.52. The van der Waals surface area contributed by atoms with E-state index < -0.39 is 18.5 Å². The van der Waals surface area contributed by atoms with Crippen molar-refractivity contribution in [1.82, 2.24) is 10.2 Å². The standard InChI is InChI=1S/C14H18N2O5/c1-15-12(17)8-16(2)13(18)9-21-14(19)10-5-4-6-11(7-10)20-3/h4-7H,8-9H2,1-3H3,(H,15,17). The Kier molecular flexibility index (Phi) is 6.19. The number of nitrogens with zero attached hydrogens (tertiary/aromatic N) is 1. The zero-order chi connectivity index (χ0) is 15.8. The van der Waals surface area contributed by atoms with Crippen molar-refractivity contribution in [2.24, 2.45) is 0 Å². The third-order valence-corrected chi connectivity index (χ3v) is 2.72. The maximum absolute atomic E-state index is 11.8. The second-order valence-electron chi connectivity index (χ2n) is 4.23. The van der Waals surface area contributed by atoms with Crippen LogP contribution in [-0.4, -0.2) is 57.0 Å². The lowest BCUT2D eigenvalue weighted by atomic mass is 10.2. The maximum atomic E-state index is 11.8. The number of likely N-dealkylation sites (N-methyl/N-ethyl adjacent to an activating group) is 2. The van der Waals surface area contributed by atoms with Crippen molar-refractivity contribution in [1.29, 1.82) is 0 Å². The van der Waals surface area contributed by atoms with Gasteiger partial charge in [0.2, 0.25) is 5.91 Å². The van der Waals surface area contributed by atoms with Crippen LogP contribution in [-0.2, 0) is 14.3 Å². The highest BCUT2D eigenvalue weighted by Gasteiger charge is 2.15. The highest BCUT2D eigenvalue weighted by atomic mass is 16.5. The summed E-state index contributed by atoms with van der Waals surface area (Å²) in [4.78, 5) is 35.8. The number of hydrogen-bond acceptors (Lipinski definition) is 5. The highest BCUT2D eigenvalue weighted by Crippen LogP contribution is 2.13. The van der Waals surface area contributed by atoms with Crippen LogP contribution in [0, 0.1) is 0 Å². The molecule has 0 unspecified atom stereocenters. The minimum absolute atomic E-state index is 0.0912. The van der Waals surface area contributed by atoms with Gasteiger partial charge in [-0.1, -0.05) is 6.07 Å². The summed E-state index contributed by atoms with van der Waals surface area (Å²) >= 11 is 0. The second kappa shape index (κ2) is 7.88. The summed E-state index contributed by atoms with van der Waals surface area (Å²) in [6, 6.07) is 6.42. The number of carbonyl (C=O) groups excluding carboxylic acids is 3. The third-order valence-electron chi connectivity index (χ3n) is 2.72. The van der Waals surface area contributed by atoms with E-state index in [1.165, 1.54) is 32.2 Å². The Morgan fingerprint density at radius 1 is 1.29 bits per heavy atom. The molecule has 114 valence electrons. The maximum Gasteiger partial charge on any atom is 0.338 e. The molecule has 0 aromatic heterocycles. The third kappa shape index (κ3) is 5.13. The van der Waals surface area contributed by atoms with Crippen LogP contribution in [0.3, 0.4) is 0 Å². The SMILES string of the molecule is CNC(=O)CN(C)C(=O)COC(=O)c1cccc(OC)c1. The van der Waals surface area contributed by atoms with Gasteiger partial charge in [0, 0.05) is 14.1 Å². The minimum Gasteiger partial charge on any atom is -0.497 e. The summed E-state index contributed by atoms with van der Waals surface area (Å²) in [5.74, 6) is -0.872. The average molecular weight is 294 g/mol. The number of rotatable bonds is 6. The fourth-order valence-electron chi connectivity index (χ4n) is 1.45. The molecule has 0 atom stereocenters. The second-order valence-corrected chi connectivity index (χ2v) is 4.23. The molecular formula is C14H18N2O5. The smallest absolute Gasteiger partial charge is 0.338 e. The Labute approximate surface area is 122 Å². The van der Waals surface area contributed by atoms with Crippen LogP contribution in [0.5, 0.6) is 5.75 Å². The summed E-state index contributed by atoms with van der Waals surface area (Å²) in [5.41, 5.74) is 0.288. The van der Waals surface area contributed by atoms with E-state index in [1.54, 1.807) is 18.2 Å². The summed E-state index contributed by atoms with van der Waals surface area (Å²) < 4.78 is 9.91. The number of nitrogens with one attached hydrogen (secondary N) is 1. The van der Waals surface area contributed by atoms with E-state index in [0.29, 0.717) is 5.75 Å². The number of methoxy groups -OCH3 is 1. The van der Waals surface area contributed by atoms with E-state index in [-0.39, 0.29) is 18.0 Å². The van der Waals surface area contributed by atoms with Gasteiger partial charge in [-0.15, -0.1) is 0 Å². The fourth-order valence-corrected chi connectivity index (χ4v) is 1.45. The van der Waals surface area contributed by atoms with Crippen molar-refractivity contribution in [3.05, 3.63) is 29.8 Å². The van der Waals surface area contributed by atoms with Crippen LogP contribution < -0.4 is 10.1 Å². The van der Waals surface area contributed by atoms with Gasteiger partial charge in [0.1, 0.15) is 5.75 Å². The van der Waals surface area contributed by atoms with Gasteiger partial charge >= 0.3 is 5.97 Å². The molecule has 0 saturated carbocycles. The number of ether oxygens (including phenoxy) is 2. The van der Waals surface area contributed by atoms with Gasteiger partial charge in [-0.3, -0.25) is 9.59 Å². The van der Waals surface area contributed by atoms with Gasteiger partial charge in [-0.25, -0.2) is 4.79 Å². The van der Waals surface area contributed by atoms with E-state index in [4.69, 9.17) is 9.47 Å². The number of carbonyl (C=O) groups is 3. The molecule has 0 heterocycles. The Bertz CT molecular complexity index is 530. The molecule has 0 aliphatic heterocycles.